The summed E-state index contributed by atoms with van der Waals surface area (Å²) in [6.07, 6.45) is 4.57. The van der Waals surface area contributed by atoms with Crippen LogP contribution in [0.25, 0.3) is 0 Å². The maximum Gasteiger partial charge on any atom is 0.235 e. The Morgan fingerprint density at radius 2 is 2.04 bits per heavy atom. The van der Waals surface area contributed by atoms with Gasteiger partial charge in [-0.3, -0.25) is 4.72 Å². The van der Waals surface area contributed by atoms with E-state index in [1.807, 2.05) is 25.1 Å². The quantitative estimate of drug-likeness (QED) is 0.641. The molecule has 0 bridgehead atoms. The van der Waals surface area contributed by atoms with Crippen molar-refractivity contribution in [3.05, 3.63) is 29.8 Å². The van der Waals surface area contributed by atoms with Crippen LogP contribution >= 0.6 is 0 Å². The average Bonchev–Trinajstić information content (AvgIpc) is 2.85. The molecule has 27 heavy (non-hydrogen) atoms. The van der Waals surface area contributed by atoms with Crippen LogP contribution in [0.1, 0.15) is 58.9 Å². The highest BCUT2D eigenvalue weighted by Gasteiger charge is 2.34. The largest absolute Gasteiger partial charge is 0.380 e. The van der Waals surface area contributed by atoms with Crippen LogP contribution in [0.2, 0.25) is 0 Å². The van der Waals surface area contributed by atoms with E-state index in [-0.39, 0.29) is 5.41 Å². The molecule has 0 saturated carbocycles. The SMILES string of the molecule is CCOCCN1CCCCC(CC)(c2cccc(NS(=O)(=O)C(C)C)c2)C1. The fraction of sp³-hybridized carbons (Fsp3) is 0.714. The number of likely N-dealkylation sites (tertiary alicyclic amines) is 1. The normalized spacial score (nSPS) is 22.0. The lowest BCUT2D eigenvalue weighted by Crippen LogP contribution is -2.40. The van der Waals surface area contributed by atoms with Gasteiger partial charge >= 0.3 is 0 Å². The number of benzene rings is 1. The first-order chi connectivity index (χ1) is 12.8. The summed E-state index contributed by atoms with van der Waals surface area (Å²) in [6, 6.07) is 8.01. The Kier molecular flexibility index (Phi) is 8.13. The summed E-state index contributed by atoms with van der Waals surface area (Å²) in [5.74, 6) is 0. The molecule has 1 aliphatic rings. The highest BCUT2D eigenvalue weighted by atomic mass is 32.2. The van der Waals surface area contributed by atoms with E-state index in [4.69, 9.17) is 4.74 Å². The second-order valence-corrected chi connectivity index (χ2v) is 10.1. The van der Waals surface area contributed by atoms with Crippen molar-refractivity contribution in [1.82, 2.24) is 4.90 Å². The fourth-order valence-electron chi connectivity index (χ4n) is 3.84. The van der Waals surface area contributed by atoms with Gasteiger partial charge in [0.25, 0.3) is 0 Å². The van der Waals surface area contributed by atoms with Crippen LogP contribution in [0.4, 0.5) is 5.69 Å². The van der Waals surface area contributed by atoms with Crippen LogP contribution in [0, 0.1) is 0 Å². The van der Waals surface area contributed by atoms with E-state index in [2.05, 4.69) is 22.6 Å². The average molecular weight is 397 g/mol. The van der Waals surface area contributed by atoms with Gasteiger partial charge in [-0.1, -0.05) is 25.5 Å². The van der Waals surface area contributed by atoms with Gasteiger partial charge in [0.2, 0.25) is 10.0 Å². The Labute approximate surface area is 165 Å². The van der Waals surface area contributed by atoms with Crippen molar-refractivity contribution < 1.29 is 13.2 Å². The van der Waals surface area contributed by atoms with Crippen molar-refractivity contribution >= 4 is 15.7 Å². The second kappa shape index (κ2) is 9.89. The molecule has 1 aliphatic heterocycles. The molecule has 0 radical (unpaired) electrons. The smallest absolute Gasteiger partial charge is 0.235 e. The van der Waals surface area contributed by atoms with E-state index in [0.717, 1.165) is 45.7 Å². The van der Waals surface area contributed by atoms with Gasteiger partial charge in [-0.25, -0.2) is 8.42 Å². The lowest BCUT2D eigenvalue weighted by molar-refractivity contribution is 0.105. The Bertz CT molecular complexity index is 690. The van der Waals surface area contributed by atoms with Gasteiger partial charge in [0.1, 0.15) is 0 Å². The number of anilines is 1. The zero-order chi connectivity index (χ0) is 19.9. The maximum atomic E-state index is 12.3. The Morgan fingerprint density at radius 1 is 1.26 bits per heavy atom. The van der Waals surface area contributed by atoms with E-state index in [9.17, 15) is 8.42 Å². The summed E-state index contributed by atoms with van der Waals surface area (Å²) in [5, 5.41) is -0.451. The summed E-state index contributed by atoms with van der Waals surface area (Å²) in [5.41, 5.74) is 1.96. The summed E-state index contributed by atoms with van der Waals surface area (Å²) in [7, 11) is -3.34. The molecular weight excluding hydrogens is 360 g/mol. The number of rotatable bonds is 9. The minimum atomic E-state index is -3.34. The Balaban J connectivity index is 2.24. The van der Waals surface area contributed by atoms with Crippen LogP contribution in [-0.4, -0.2) is 51.4 Å². The molecule has 1 N–H and O–H groups in total. The number of hydrogen-bond acceptors (Lipinski definition) is 4. The number of ether oxygens (including phenoxy) is 1. The van der Waals surface area contributed by atoms with Gasteiger partial charge < -0.3 is 9.64 Å². The van der Waals surface area contributed by atoms with Crippen molar-refractivity contribution in [3.8, 4) is 0 Å². The molecule has 1 unspecified atom stereocenters. The molecule has 1 aromatic rings. The molecule has 1 saturated heterocycles. The third-order valence-electron chi connectivity index (χ3n) is 5.69. The van der Waals surface area contributed by atoms with E-state index in [1.165, 1.54) is 18.4 Å². The van der Waals surface area contributed by atoms with E-state index < -0.39 is 15.3 Å². The minimum absolute atomic E-state index is 0.0575. The second-order valence-electron chi connectivity index (χ2n) is 7.84. The molecule has 6 heteroatoms. The predicted octanol–water partition coefficient (Wildman–Crippen LogP) is 4.01. The van der Waals surface area contributed by atoms with Gasteiger partial charge in [0.15, 0.2) is 0 Å². The van der Waals surface area contributed by atoms with Crippen molar-refractivity contribution in [2.24, 2.45) is 0 Å². The molecule has 1 fully saturated rings. The third kappa shape index (κ3) is 5.93. The highest BCUT2D eigenvalue weighted by molar-refractivity contribution is 7.93. The van der Waals surface area contributed by atoms with E-state index in [1.54, 1.807) is 13.8 Å². The first kappa shape index (κ1) is 22.2. The van der Waals surface area contributed by atoms with Crippen molar-refractivity contribution in [3.63, 3.8) is 0 Å². The van der Waals surface area contributed by atoms with Gasteiger partial charge in [-0.15, -0.1) is 0 Å². The molecule has 2 rings (SSSR count). The topological polar surface area (TPSA) is 58.6 Å². The molecule has 5 nitrogen and oxygen atoms in total. The molecule has 0 amide bonds. The predicted molar refractivity (Wildman–Crippen MR) is 113 cm³/mol. The Morgan fingerprint density at radius 3 is 2.70 bits per heavy atom. The Hall–Kier alpha value is -1.11. The lowest BCUT2D eigenvalue weighted by Gasteiger charge is -2.36. The third-order valence-corrected chi connectivity index (χ3v) is 7.46. The number of hydrogen-bond donors (Lipinski definition) is 1. The van der Waals surface area contributed by atoms with Crippen LogP contribution in [-0.2, 0) is 20.2 Å². The van der Waals surface area contributed by atoms with E-state index in [0.29, 0.717) is 5.69 Å². The van der Waals surface area contributed by atoms with Gasteiger partial charge in [-0.2, -0.15) is 0 Å². The first-order valence-corrected chi connectivity index (χ1v) is 11.8. The zero-order valence-electron chi connectivity index (χ0n) is 17.3. The number of nitrogens with zero attached hydrogens (tertiary/aromatic N) is 1. The minimum Gasteiger partial charge on any atom is -0.380 e. The van der Waals surface area contributed by atoms with Gasteiger partial charge in [0, 0.05) is 30.8 Å². The molecule has 0 aromatic heterocycles. The number of nitrogens with one attached hydrogen (secondary N) is 1. The lowest BCUT2D eigenvalue weighted by atomic mass is 9.74. The maximum absolute atomic E-state index is 12.3. The summed E-state index contributed by atoms with van der Waals surface area (Å²) >= 11 is 0. The molecule has 1 heterocycles. The van der Waals surface area contributed by atoms with Crippen LogP contribution in [0.15, 0.2) is 24.3 Å². The fourth-order valence-corrected chi connectivity index (χ4v) is 4.53. The number of sulfonamides is 1. The standard InChI is InChI=1S/C21H36N2O3S/c1-5-21(12-7-8-13-23(17-21)14-15-26-6-2)19-10-9-11-20(16-19)22-27(24,25)18(3)4/h9-11,16,18,22H,5-8,12-15,17H2,1-4H3. The molecule has 0 aliphatic carbocycles. The molecule has 0 spiro atoms. The van der Waals surface area contributed by atoms with Crippen LogP contribution < -0.4 is 4.72 Å². The summed E-state index contributed by atoms with van der Waals surface area (Å²) in [4.78, 5) is 2.51. The van der Waals surface area contributed by atoms with Gasteiger partial charge in [-0.05, 0) is 64.3 Å². The molecule has 1 aromatic carbocycles. The molecule has 1 atom stereocenters. The molecule has 154 valence electrons. The van der Waals surface area contributed by atoms with Crippen molar-refractivity contribution in [1.29, 1.82) is 0 Å². The first-order valence-electron chi connectivity index (χ1n) is 10.3. The monoisotopic (exact) mass is 396 g/mol. The van der Waals surface area contributed by atoms with E-state index >= 15 is 0 Å². The van der Waals surface area contributed by atoms with Crippen LogP contribution in [0.5, 0.6) is 0 Å². The zero-order valence-corrected chi connectivity index (χ0v) is 18.1. The summed E-state index contributed by atoms with van der Waals surface area (Å²) in [6.45, 7) is 12.2. The summed E-state index contributed by atoms with van der Waals surface area (Å²) < 4.78 is 32.8. The highest BCUT2D eigenvalue weighted by Crippen LogP contribution is 2.37. The van der Waals surface area contributed by atoms with Gasteiger partial charge in [0.05, 0.1) is 11.9 Å². The van der Waals surface area contributed by atoms with Crippen molar-refractivity contribution in [2.45, 2.75) is 64.0 Å². The van der Waals surface area contributed by atoms with Crippen molar-refractivity contribution in [2.75, 3.05) is 37.6 Å². The molecular formula is C21H36N2O3S. The van der Waals surface area contributed by atoms with Crippen LogP contribution in [0.3, 0.4) is 0 Å².